The molecule has 0 heterocycles. The third kappa shape index (κ3) is 9.10. The van der Waals surface area contributed by atoms with E-state index in [2.05, 4.69) is 50.1 Å². The van der Waals surface area contributed by atoms with E-state index in [1.165, 1.54) is 37.9 Å². The number of allylic oxidation sites excluding steroid dienone is 1. The first-order valence-corrected chi connectivity index (χ1v) is 9.14. The number of nitrogens with zero attached hydrogens (tertiary/aromatic N) is 3. The molecule has 0 spiro atoms. The molecule has 0 aromatic carbocycles. The SMILES string of the molecule is C=C(CCCC[C@H](C)N(CC)CCC)N(CCC)CCC#N. The average Bonchev–Trinajstić information content (AvgIpc) is 2.52. The molecule has 128 valence electrons. The number of nitriles is 1. The van der Waals surface area contributed by atoms with Gasteiger partial charge in [-0.2, -0.15) is 5.26 Å². The van der Waals surface area contributed by atoms with E-state index in [0.717, 1.165) is 32.5 Å². The van der Waals surface area contributed by atoms with Crippen molar-refractivity contribution in [1.82, 2.24) is 9.80 Å². The highest BCUT2D eigenvalue weighted by Crippen LogP contribution is 2.15. The molecule has 1 atom stereocenters. The second kappa shape index (κ2) is 13.6. The van der Waals surface area contributed by atoms with Crippen molar-refractivity contribution in [2.24, 2.45) is 0 Å². The lowest BCUT2D eigenvalue weighted by Gasteiger charge is -2.28. The van der Waals surface area contributed by atoms with Gasteiger partial charge in [-0.15, -0.1) is 0 Å². The first-order chi connectivity index (χ1) is 10.6. The number of hydrogen-bond acceptors (Lipinski definition) is 3. The van der Waals surface area contributed by atoms with E-state index in [1.54, 1.807) is 0 Å². The molecule has 0 N–H and O–H groups in total. The molecule has 0 amide bonds. The fraction of sp³-hybridized carbons (Fsp3) is 0.842. The zero-order valence-corrected chi connectivity index (χ0v) is 15.4. The third-order valence-corrected chi connectivity index (χ3v) is 4.31. The molecule has 0 saturated carbocycles. The van der Waals surface area contributed by atoms with Crippen molar-refractivity contribution in [2.75, 3.05) is 26.2 Å². The molecule has 0 saturated heterocycles. The maximum absolute atomic E-state index is 8.75. The summed E-state index contributed by atoms with van der Waals surface area (Å²) in [5, 5.41) is 8.75. The van der Waals surface area contributed by atoms with Gasteiger partial charge < -0.3 is 9.80 Å². The van der Waals surface area contributed by atoms with Crippen LogP contribution in [0.25, 0.3) is 0 Å². The molecule has 0 fully saturated rings. The van der Waals surface area contributed by atoms with Gasteiger partial charge in [0.25, 0.3) is 0 Å². The van der Waals surface area contributed by atoms with Crippen molar-refractivity contribution in [1.29, 1.82) is 5.26 Å². The zero-order valence-electron chi connectivity index (χ0n) is 15.4. The van der Waals surface area contributed by atoms with E-state index in [0.29, 0.717) is 12.5 Å². The van der Waals surface area contributed by atoms with Gasteiger partial charge in [-0.25, -0.2) is 0 Å². The Balaban J connectivity index is 4.01. The van der Waals surface area contributed by atoms with Crippen molar-refractivity contribution in [3.63, 3.8) is 0 Å². The average molecular weight is 308 g/mol. The Morgan fingerprint density at radius 2 is 1.77 bits per heavy atom. The van der Waals surface area contributed by atoms with Gasteiger partial charge >= 0.3 is 0 Å². The minimum Gasteiger partial charge on any atom is -0.374 e. The highest BCUT2D eigenvalue weighted by Gasteiger charge is 2.11. The number of hydrogen-bond donors (Lipinski definition) is 0. The maximum Gasteiger partial charge on any atom is 0.0640 e. The van der Waals surface area contributed by atoms with Crippen molar-refractivity contribution in [2.45, 2.75) is 78.7 Å². The van der Waals surface area contributed by atoms with Gasteiger partial charge in [-0.1, -0.05) is 33.8 Å². The molecule has 0 aliphatic carbocycles. The summed E-state index contributed by atoms with van der Waals surface area (Å²) < 4.78 is 0. The van der Waals surface area contributed by atoms with Crippen molar-refractivity contribution in [3.8, 4) is 6.07 Å². The van der Waals surface area contributed by atoms with E-state index in [-0.39, 0.29) is 0 Å². The normalized spacial score (nSPS) is 12.2. The largest absolute Gasteiger partial charge is 0.374 e. The van der Waals surface area contributed by atoms with Crippen LogP contribution in [0.15, 0.2) is 12.3 Å². The summed E-state index contributed by atoms with van der Waals surface area (Å²) >= 11 is 0. The van der Waals surface area contributed by atoms with Crippen LogP contribution < -0.4 is 0 Å². The summed E-state index contributed by atoms with van der Waals surface area (Å²) in [6.07, 6.45) is 7.76. The van der Waals surface area contributed by atoms with Crippen LogP contribution in [0.1, 0.15) is 72.6 Å². The van der Waals surface area contributed by atoms with E-state index < -0.39 is 0 Å². The molecular weight excluding hydrogens is 270 g/mol. The van der Waals surface area contributed by atoms with Crippen LogP contribution in [-0.4, -0.2) is 42.0 Å². The molecule has 3 heteroatoms. The lowest BCUT2D eigenvalue weighted by Crippen LogP contribution is -2.33. The van der Waals surface area contributed by atoms with Gasteiger partial charge in [0, 0.05) is 24.8 Å². The Kier molecular flexibility index (Phi) is 13.0. The minimum absolute atomic E-state index is 0.596. The van der Waals surface area contributed by atoms with Crippen molar-refractivity contribution >= 4 is 0 Å². The molecule has 0 rings (SSSR count). The third-order valence-electron chi connectivity index (χ3n) is 4.31. The summed E-state index contributed by atoms with van der Waals surface area (Å²) in [4.78, 5) is 4.87. The quantitative estimate of drug-likeness (QED) is 0.432. The summed E-state index contributed by atoms with van der Waals surface area (Å²) in [7, 11) is 0. The molecule has 0 aliphatic rings. The molecule has 3 nitrogen and oxygen atoms in total. The Morgan fingerprint density at radius 1 is 1.09 bits per heavy atom. The fourth-order valence-corrected chi connectivity index (χ4v) is 2.97. The molecular formula is C19H37N3. The Hall–Kier alpha value is -1.01. The molecule has 0 bridgehead atoms. The smallest absolute Gasteiger partial charge is 0.0640 e. The first-order valence-electron chi connectivity index (χ1n) is 9.14. The van der Waals surface area contributed by atoms with Crippen LogP contribution in [0, 0.1) is 11.3 Å². The molecule has 22 heavy (non-hydrogen) atoms. The predicted molar refractivity (Wildman–Crippen MR) is 96.7 cm³/mol. The number of rotatable bonds is 14. The standard InChI is InChI=1S/C19H37N3/c1-6-15-21(8-3)18(4)12-9-10-13-19(5)22(16-7-2)17-11-14-20/h18H,5-13,15-17H2,1-4H3/t18-/m0/s1. The van der Waals surface area contributed by atoms with Crippen molar-refractivity contribution < 1.29 is 0 Å². The zero-order chi connectivity index (χ0) is 16.8. The fourth-order valence-electron chi connectivity index (χ4n) is 2.97. The van der Waals surface area contributed by atoms with Gasteiger partial charge in [0.05, 0.1) is 12.5 Å². The Bertz CT molecular complexity index is 319. The Labute approximate surface area is 139 Å². The lowest BCUT2D eigenvalue weighted by molar-refractivity contribution is 0.206. The van der Waals surface area contributed by atoms with Gasteiger partial charge in [-0.3, -0.25) is 0 Å². The van der Waals surface area contributed by atoms with E-state index in [1.807, 2.05) is 0 Å². The summed E-state index contributed by atoms with van der Waals surface area (Å²) in [6.45, 7) is 17.5. The van der Waals surface area contributed by atoms with E-state index in [9.17, 15) is 0 Å². The van der Waals surface area contributed by atoms with Crippen LogP contribution in [0.4, 0.5) is 0 Å². The summed E-state index contributed by atoms with van der Waals surface area (Å²) in [5.41, 5.74) is 1.21. The van der Waals surface area contributed by atoms with Crippen LogP contribution in [-0.2, 0) is 0 Å². The highest BCUT2D eigenvalue weighted by atomic mass is 15.1. The minimum atomic E-state index is 0.596. The van der Waals surface area contributed by atoms with E-state index >= 15 is 0 Å². The maximum atomic E-state index is 8.75. The second-order valence-corrected chi connectivity index (χ2v) is 6.18. The molecule has 0 unspecified atom stereocenters. The molecule has 0 radical (unpaired) electrons. The summed E-state index contributed by atoms with van der Waals surface area (Å²) in [5.74, 6) is 0. The Morgan fingerprint density at radius 3 is 2.32 bits per heavy atom. The number of unbranched alkanes of at least 4 members (excludes halogenated alkanes) is 1. The van der Waals surface area contributed by atoms with Crippen LogP contribution in [0.3, 0.4) is 0 Å². The predicted octanol–water partition coefficient (Wildman–Crippen LogP) is 4.81. The van der Waals surface area contributed by atoms with Crippen LogP contribution >= 0.6 is 0 Å². The first kappa shape index (κ1) is 21.0. The van der Waals surface area contributed by atoms with Gasteiger partial charge in [0.15, 0.2) is 0 Å². The molecule has 0 aromatic rings. The van der Waals surface area contributed by atoms with Crippen LogP contribution in [0.2, 0.25) is 0 Å². The van der Waals surface area contributed by atoms with Gasteiger partial charge in [0.2, 0.25) is 0 Å². The highest BCUT2D eigenvalue weighted by molar-refractivity contribution is 4.94. The van der Waals surface area contributed by atoms with Crippen LogP contribution in [0.5, 0.6) is 0 Å². The topological polar surface area (TPSA) is 30.3 Å². The summed E-state index contributed by atoms with van der Waals surface area (Å²) in [6, 6.07) is 2.92. The monoisotopic (exact) mass is 307 g/mol. The van der Waals surface area contributed by atoms with Gasteiger partial charge in [-0.05, 0) is 52.1 Å². The molecule has 0 aliphatic heterocycles. The second-order valence-electron chi connectivity index (χ2n) is 6.18. The lowest BCUT2D eigenvalue weighted by atomic mass is 10.1. The van der Waals surface area contributed by atoms with Gasteiger partial charge in [0.1, 0.15) is 0 Å². The van der Waals surface area contributed by atoms with Crippen molar-refractivity contribution in [3.05, 3.63) is 12.3 Å². The van der Waals surface area contributed by atoms with E-state index in [4.69, 9.17) is 5.26 Å². The molecule has 0 aromatic heterocycles.